The van der Waals surface area contributed by atoms with Gasteiger partial charge in [0.25, 0.3) is 0 Å². The van der Waals surface area contributed by atoms with E-state index in [4.69, 9.17) is 5.73 Å². The van der Waals surface area contributed by atoms with E-state index in [0.717, 1.165) is 38.0 Å². The molecule has 0 amide bonds. The van der Waals surface area contributed by atoms with Crippen LogP contribution in [0.25, 0.3) is 0 Å². The van der Waals surface area contributed by atoms with E-state index in [1.165, 1.54) is 0 Å². The van der Waals surface area contributed by atoms with Crippen LogP contribution < -0.4 is 5.73 Å². The molecule has 3 N–H and O–H groups in total. The van der Waals surface area contributed by atoms with Crippen molar-refractivity contribution in [2.24, 2.45) is 5.73 Å². The van der Waals surface area contributed by atoms with Gasteiger partial charge in [-0.1, -0.05) is 6.07 Å². The quantitative estimate of drug-likeness (QED) is 0.871. The molecular formula is C15H25N3O. The molecule has 1 aliphatic heterocycles. The van der Waals surface area contributed by atoms with Crippen LogP contribution >= 0.6 is 0 Å². The summed E-state index contributed by atoms with van der Waals surface area (Å²) < 4.78 is 0. The number of rotatable bonds is 3. The first kappa shape index (κ1) is 14.4. The second-order valence-corrected chi connectivity index (χ2v) is 5.95. The van der Waals surface area contributed by atoms with Crippen molar-refractivity contribution in [2.45, 2.75) is 50.8 Å². The zero-order valence-corrected chi connectivity index (χ0v) is 11.9. The van der Waals surface area contributed by atoms with Crippen LogP contribution in [0.5, 0.6) is 0 Å². The van der Waals surface area contributed by atoms with Gasteiger partial charge in [0.15, 0.2) is 0 Å². The monoisotopic (exact) mass is 263 g/mol. The number of nitrogens with two attached hydrogens (primary N) is 1. The molecule has 1 aromatic heterocycles. The van der Waals surface area contributed by atoms with E-state index >= 15 is 0 Å². The third-order valence-electron chi connectivity index (χ3n) is 3.98. The standard InChI is InChI=1S/C15H25N3O/c1-12(16)14(13-6-3-4-9-17-13)18-10-5-7-15(2,19)8-11-18/h3-4,6,9,12,14,19H,5,7-8,10-11,16H2,1-2H3. The summed E-state index contributed by atoms with van der Waals surface area (Å²) in [6, 6.07) is 6.13. The van der Waals surface area contributed by atoms with Crippen LogP contribution in [0, 0.1) is 0 Å². The van der Waals surface area contributed by atoms with E-state index in [-0.39, 0.29) is 12.1 Å². The maximum Gasteiger partial charge on any atom is 0.0670 e. The molecule has 2 heterocycles. The minimum atomic E-state index is -0.540. The summed E-state index contributed by atoms with van der Waals surface area (Å²) in [5.41, 5.74) is 6.66. The number of nitrogens with zero attached hydrogens (tertiary/aromatic N) is 2. The van der Waals surface area contributed by atoms with Gasteiger partial charge in [0.05, 0.1) is 17.3 Å². The average Bonchev–Trinajstić information content (AvgIpc) is 2.52. The lowest BCUT2D eigenvalue weighted by Gasteiger charge is -2.33. The first-order valence-electron chi connectivity index (χ1n) is 7.12. The fraction of sp³-hybridized carbons (Fsp3) is 0.667. The Morgan fingerprint density at radius 3 is 2.79 bits per heavy atom. The summed E-state index contributed by atoms with van der Waals surface area (Å²) >= 11 is 0. The molecule has 106 valence electrons. The Labute approximate surface area is 115 Å². The van der Waals surface area contributed by atoms with Crippen LogP contribution in [0.2, 0.25) is 0 Å². The van der Waals surface area contributed by atoms with Crippen molar-refractivity contribution in [3.8, 4) is 0 Å². The van der Waals surface area contributed by atoms with Crippen LogP contribution in [-0.4, -0.2) is 39.7 Å². The minimum Gasteiger partial charge on any atom is -0.390 e. The van der Waals surface area contributed by atoms with Gasteiger partial charge in [0.2, 0.25) is 0 Å². The lowest BCUT2D eigenvalue weighted by molar-refractivity contribution is 0.0422. The first-order valence-corrected chi connectivity index (χ1v) is 7.12. The smallest absolute Gasteiger partial charge is 0.0670 e. The summed E-state index contributed by atoms with van der Waals surface area (Å²) in [5, 5.41) is 10.2. The van der Waals surface area contributed by atoms with Crippen molar-refractivity contribution in [3.05, 3.63) is 30.1 Å². The van der Waals surface area contributed by atoms with Gasteiger partial charge in [0.1, 0.15) is 0 Å². The van der Waals surface area contributed by atoms with Crippen molar-refractivity contribution < 1.29 is 5.11 Å². The van der Waals surface area contributed by atoms with Gasteiger partial charge in [0, 0.05) is 18.8 Å². The molecule has 3 atom stereocenters. The lowest BCUT2D eigenvalue weighted by atomic mass is 9.98. The highest BCUT2D eigenvalue weighted by atomic mass is 16.3. The zero-order chi connectivity index (χ0) is 13.9. The third-order valence-corrected chi connectivity index (χ3v) is 3.98. The summed E-state index contributed by atoms with van der Waals surface area (Å²) in [7, 11) is 0. The van der Waals surface area contributed by atoms with Crippen LogP contribution in [0.1, 0.15) is 44.8 Å². The second kappa shape index (κ2) is 5.99. The molecule has 0 radical (unpaired) electrons. The molecule has 19 heavy (non-hydrogen) atoms. The Morgan fingerprint density at radius 2 is 2.16 bits per heavy atom. The fourth-order valence-corrected chi connectivity index (χ4v) is 2.90. The van der Waals surface area contributed by atoms with Gasteiger partial charge in [-0.05, 0) is 51.8 Å². The highest BCUT2D eigenvalue weighted by Crippen LogP contribution is 2.28. The molecule has 3 unspecified atom stereocenters. The SMILES string of the molecule is CC(N)C(c1ccccn1)N1CCCC(C)(O)CC1. The molecule has 1 aromatic rings. The van der Waals surface area contributed by atoms with Crippen molar-refractivity contribution in [1.29, 1.82) is 0 Å². The van der Waals surface area contributed by atoms with E-state index in [9.17, 15) is 5.11 Å². The van der Waals surface area contributed by atoms with Crippen LogP contribution in [0.4, 0.5) is 0 Å². The Morgan fingerprint density at radius 1 is 1.37 bits per heavy atom. The number of aliphatic hydroxyl groups is 1. The number of pyridine rings is 1. The van der Waals surface area contributed by atoms with Gasteiger partial charge in [-0.2, -0.15) is 0 Å². The Hall–Kier alpha value is -0.970. The largest absolute Gasteiger partial charge is 0.390 e. The van der Waals surface area contributed by atoms with Gasteiger partial charge in [-0.3, -0.25) is 9.88 Å². The van der Waals surface area contributed by atoms with Crippen molar-refractivity contribution in [3.63, 3.8) is 0 Å². The molecule has 0 bridgehead atoms. The lowest BCUT2D eigenvalue weighted by Crippen LogP contribution is -2.41. The summed E-state index contributed by atoms with van der Waals surface area (Å²) in [5.74, 6) is 0. The Kier molecular flexibility index (Phi) is 4.55. The summed E-state index contributed by atoms with van der Waals surface area (Å²) in [6.45, 7) is 5.80. The second-order valence-electron chi connectivity index (χ2n) is 5.95. The minimum absolute atomic E-state index is 0.0259. The Balaban J connectivity index is 2.16. The molecule has 0 saturated carbocycles. The van der Waals surface area contributed by atoms with Crippen molar-refractivity contribution >= 4 is 0 Å². The number of aromatic nitrogens is 1. The van der Waals surface area contributed by atoms with Gasteiger partial charge < -0.3 is 10.8 Å². The predicted octanol–water partition coefficient (Wildman–Crippen LogP) is 1.71. The molecule has 0 spiro atoms. The zero-order valence-electron chi connectivity index (χ0n) is 11.9. The van der Waals surface area contributed by atoms with Crippen LogP contribution in [-0.2, 0) is 0 Å². The maximum atomic E-state index is 10.2. The average molecular weight is 263 g/mol. The fourth-order valence-electron chi connectivity index (χ4n) is 2.90. The maximum absolute atomic E-state index is 10.2. The molecule has 2 rings (SSSR count). The molecule has 4 nitrogen and oxygen atoms in total. The highest BCUT2D eigenvalue weighted by Gasteiger charge is 2.31. The van der Waals surface area contributed by atoms with Crippen molar-refractivity contribution in [1.82, 2.24) is 9.88 Å². The molecule has 0 aliphatic carbocycles. The van der Waals surface area contributed by atoms with Gasteiger partial charge >= 0.3 is 0 Å². The number of likely N-dealkylation sites (tertiary alicyclic amines) is 1. The van der Waals surface area contributed by atoms with Crippen LogP contribution in [0.15, 0.2) is 24.4 Å². The number of hydrogen-bond acceptors (Lipinski definition) is 4. The highest BCUT2D eigenvalue weighted by molar-refractivity contribution is 5.11. The van der Waals surface area contributed by atoms with E-state index in [0.29, 0.717) is 0 Å². The molecule has 0 aromatic carbocycles. The topological polar surface area (TPSA) is 62.4 Å². The molecular weight excluding hydrogens is 238 g/mol. The van der Waals surface area contributed by atoms with E-state index in [1.807, 2.05) is 38.2 Å². The van der Waals surface area contributed by atoms with E-state index < -0.39 is 5.60 Å². The molecule has 1 saturated heterocycles. The molecule has 1 aliphatic rings. The van der Waals surface area contributed by atoms with E-state index in [1.54, 1.807) is 0 Å². The molecule has 1 fully saturated rings. The van der Waals surface area contributed by atoms with Crippen LogP contribution in [0.3, 0.4) is 0 Å². The van der Waals surface area contributed by atoms with E-state index in [2.05, 4.69) is 9.88 Å². The normalized spacial score (nSPS) is 28.6. The van der Waals surface area contributed by atoms with Gasteiger partial charge in [-0.15, -0.1) is 0 Å². The third kappa shape index (κ3) is 3.75. The first-order chi connectivity index (χ1) is 8.99. The summed E-state index contributed by atoms with van der Waals surface area (Å²) in [6.07, 6.45) is 4.47. The Bertz CT molecular complexity index is 392. The predicted molar refractivity (Wildman–Crippen MR) is 76.7 cm³/mol. The summed E-state index contributed by atoms with van der Waals surface area (Å²) in [4.78, 5) is 6.83. The van der Waals surface area contributed by atoms with Crippen molar-refractivity contribution in [2.75, 3.05) is 13.1 Å². The van der Waals surface area contributed by atoms with Gasteiger partial charge in [-0.25, -0.2) is 0 Å². The number of hydrogen-bond donors (Lipinski definition) is 2. The molecule has 4 heteroatoms.